The van der Waals surface area contributed by atoms with Crippen molar-refractivity contribution < 1.29 is 4.48 Å². The number of halogens is 1. The maximum Gasteiger partial charge on any atom is 0.164 e. The van der Waals surface area contributed by atoms with Crippen LogP contribution in [-0.4, -0.2) is 30.1 Å². The predicted molar refractivity (Wildman–Crippen MR) is 107 cm³/mol. The molecule has 0 N–H and O–H groups in total. The van der Waals surface area contributed by atoms with Gasteiger partial charge < -0.3 is 4.48 Å². The summed E-state index contributed by atoms with van der Waals surface area (Å²) in [5, 5.41) is 0. The number of nitrogens with zero attached hydrogens (tertiary/aromatic N) is 1. The van der Waals surface area contributed by atoms with E-state index in [9.17, 15) is 0 Å². The number of hydrogen-bond donors (Lipinski definition) is 0. The SMILES string of the molecule is CCCCCCCCCCCCCCCC(Cl)[N+](C)(CC)CC. The highest BCUT2D eigenvalue weighted by Gasteiger charge is 2.26. The van der Waals surface area contributed by atoms with Crippen LogP contribution in [0.25, 0.3) is 0 Å². The molecule has 0 fully saturated rings. The minimum Gasteiger partial charge on any atom is -0.311 e. The van der Waals surface area contributed by atoms with Gasteiger partial charge in [0, 0.05) is 6.42 Å². The third-order valence-corrected chi connectivity index (χ3v) is 6.36. The molecule has 0 aliphatic carbocycles. The number of rotatable bonds is 17. The molecule has 1 unspecified atom stereocenters. The van der Waals surface area contributed by atoms with Gasteiger partial charge >= 0.3 is 0 Å². The molecule has 0 saturated carbocycles. The molecule has 0 rings (SSSR count). The number of hydrogen-bond acceptors (Lipinski definition) is 0. The Bertz CT molecular complexity index is 238. The van der Waals surface area contributed by atoms with Gasteiger partial charge in [-0.2, -0.15) is 0 Å². The summed E-state index contributed by atoms with van der Waals surface area (Å²) in [6.07, 6.45) is 19.7. The van der Waals surface area contributed by atoms with E-state index in [1.165, 1.54) is 89.9 Å². The molecule has 0 saturated heterocycles. The molecule has 0 aromatic rings. The van der Waals surface area contributed by atoms with Gasteiger partial charge in [-0.05, 0) is 20.3 Å². The van der Waals surface area contributed by atoms with Gasteiger partial charge in [0.25, 0.3) is 0 Å². The summed E-state index contributed by atoms with van der Waals surface area (Å²) >= 11 is 6.60. The first-order valence-electron chi connectivity index (χ1n) is 10.6. The van der Waals surface area contributed by atoms with Crippen LogP contribution in [0.15, 0.2) is 0 Å². The topological polar surface area (TPSA) is 0 Å². The molecule has 1 nitrogen and oxygen atoms in total. The Morgan fingerprint density at radius 3 is 1.30 bits per heavy atom. The maximum absolute atomic E-state index is 6.60. The highest BCUT2D eigenvalue weighted by molar-refractivity contribution is 6.19. The zero-order valence-corrected chi connectivity index (χ0v) is 17.5. The van der Waals surface area contributed by atoms with Crippen molar-refractivity contribution in [2.24, 2.45) is 0 Å². The Morgan fingerprint density at radius 2 is 0.957 bits per heavy atom. The van der Waals surface area contributed by atoms with E-state index < -0.39 is 0 Å². The Hall–Kier alpha value is 0.250. The minimum atomic E-state index is 0.303. The lowest BCUT2D eigenvalue weighted by Crippen LogP contribution is -2.49. The van der Waals surface area contributed by atoms with Gasteiger partial charge in [-0.1, -0.05) is 95.6 Å². The van der Waals surface area contributed by atoms with Crippen molar-refractivity contribution in [2.45, 2.75) is 116 Å². The third-order valence-electron chi connectivity index (χ3n) is 5.67. The number of quaternary nitrogens is 1. The lowest BCUT2D eigenvalue weighted by Gasteiger charge is -2.36. The van der Waals surface area contributed by atoms with Crippen molar-refractivity contribution in [3.63, 3.8) is 0 Å². The van der Waals surface area contributed by atoms with E-state index in [1.807, 2.05) is 0 Å². The van der Waals surface area contributed by atoms with Crippen molar-refractivity contribution in [2.75, 3.05) is 20.1 Å². The first kappa shape index (κ1) is 23.2. The smallest absolute Gasteiger partial charge is 0.164 e. The molecule has 0 bridgehead atoms. The quantitative estimate of drug-likeness (QED) is 0.110. The van der Waals surface area contributed by atoms with E-state index in [2.05, 4.69) is 27.8 Å². The van der Waals surface area contributed by atoms with Crippen molar-refractivity contribution in [3.05, 3.63) is 0 Å². The molecule has 1 atom stereocenters. The van der Waals surface area contributed by atoms with Crippen LogP contribution in [0.1, 0.15) is 111 Å². The minimum absolute atomic E-state index is 0.303. The summed E-state index contributed by atoms with van der Waals surface area (Å²) in [5.41, 5.74) is 0.303. The van der Waals surface area contributed by atoms with Crippen LogP contribution in [0, 0.1) is 0 Å². The standard InChI is InChI=1S/C21H45ClN/c1-5-8-9-10-11-12-13-14-15-16-17-18-19-20-21(22)23(4,6-2)7-3/h21H,5-20H2,1-4H3/q+1. The molecule has 0 aromatic carbocycles. The molecule has 2 heteroatoms. The Labute approximate surface area is 152 Å². The average Bonchev–Trinajstić information content (AvgIpc) is 2.58. The Morgan fingerprint density at radius 1 is 0.609 bits per heavy atom. The summed E-state index contributed by atoms with van der Waals surface area (Å²) in [6, 6.07) is 0. The van der Waals surface area contributed by atoms with Crippen LogP contribution < -0.4 is 0 Å². The summed E-state index contributed by atoms with van der Waals surface area (Å²) < 4.78 is 1.01. The maximum atomic E-state index is 6.60. The van der Waals surface area contributed by atoms with Crippen molar-refractivity contribution >= 4 is 11.6 Å². The molecular formula is C21H45ClN+. The van der Waals surface area contributed by atoms with Gasteiger partial charge in [0.05, 0.1) is 20.1 Å². The van der Waals surface area contributed by atoms with E-state index in [1.54, 1.807) is 0 Å². The van der Waals surface area contributed by atoms with Crippen molar-refractivity contribution in [1.82, 2.24) is 0 Å². The van der Waals surface area contributed by atoms with Crippen LogP contribution >= 0.6 is 11.6 Å². The monoisotopic (exact) mass is 346 g/mol. The molecule has 23 heavy (non-hydrogen) atoms. The van der Waals surface area contributed by atoms with Crippen molar-refractivity contribution in [1.29, 1.82) is 0 Å². The van der Waals surface area contributed by atoms with Crippen molar-refractivity contribution in [3.8, 4) is 0 Å². The van der Waals surface area contributed by atoms with E-state index in [0.717, 1.165) is 17.6 Å². The first-order chi connectivity index (χ1) is 11.1. The van der Waals surface area contributed by atoms with Gasteiger partial charge in [0.2, 0.25) is 0 Å². The van der Waals surface area contributed by atoms with Gasteiger partial charge in [0.1, 0.15) is 0 Å². The number of alkyl halides is 1. The summed E-state index contributed by atoms with van der Waals surface area (Å²) in [7, 11) is 2.29. The van der Waals surface area contributed by atoms with Gasteiger partial charge in [0.15, 0.2) is 5.50 Å². The first-order valence-corrected chi connectivity index (χ1v) is 11.0. The summed E-state index contributed by atoms with van der Waals surface area (Å²) in [5.74, 6) is 0. The second kappa shape index (κ2) is 15.8. The fraction of sp³-hybridized carbons (Fsp3) is 1.00. The molecule has 0 aliphatic heterocycles. The molecule has 0 radical (unpaired) electrons. The van der Waals surface area contributed by atoms with E-state index in [-0.39, 0.29) is 0 Å². The Kier molecular flexibility index (Phi) is 15.9. The molecule has 0 aliphatic rings. The lowest BCUT2D eigenvalue weighted by atomic mass is 10.0. The lowest BCUT2D eigenvalue weighted by molar-refractivity contribution is -0.918. The van der Waals surface area contributed by atoms with Crippen LogP contribution in [0.3, 0.4) is 0 Å². The largest absolute Gasteiger partial charge is 0.311 e. The average molecular weight is 347 g/mol. The third kappa shape index (κ3) is 12.3. The molecule has 0 spiro atoms. The van der Waals surface area contributed by atoms with Crippen LogP contribution in [0.4, 0.5) is 0 Å². The zero-order valence-electron chi connectivity index (χ0n) is 16.7. The highest BCUT2D eigenvalue weighted by atomic mass is 35.5. The van der Waals surface area contributed by atoms with E-state index in [4.69, 9.17) is 11.6 Å². The van der Waals surface area contributed by atoms with Crippen LogP contribution in [0.2, 0.25) is 0 Å². The number of unbranched alkanes of at least 4 members (excludes halogenated alkanes) is 12. The Balaban J connectivity index is 3.31. The molecule has 0 amide bonds. The predicted octanol–water partition coefficient (Wildman–Crippen LogP) is 7.52. The fourth-order valence-corrected chi connectivity index (χ4v) is 3.69. The van der Waals surface area contributed by atoms with Crippen LogP contribution in [-0.2, 0) is 0 Å². The van der Waals surface area contributed by atoms with E-state index >= 15 is 0 Å². The molecule has 140 valence electrons. The highest BCUT2D eigenvalue weighted by Crippen LogP contribution is 2.21. The fourth-order valence-electron chi connectivity index (χ4n) is 3.26. The van der Waals surface area contributed by atoms with Gasteiger partial charge in [-0.15, -0.1) is 0 Å². The summed E-state index contributed by atoms with van der Waals surface area (Å²) in [6.45, 7) is 9.08. The van der Waals surface area contributed by atoms with E-state index in [0.29, 0.717) is 5.50 Å². The second-order valence-electron chi connectivity index (χ2n) is 7.58. The summed E-state index contributed by atoms with van der Waals surface area (Å²) in [4.78, 5) is 0. The second-order valence-corrected chi connectivity index (χ2v) is 8.08. The molecular weight excluding hydrogens is 302 g/mol. The zero-order chi connectivity index (χ0) is 17.4. The van der Waals surface area contributed by atoms with Gasteiger partial charge in [-0.25, -0.2) is 0 Å². The van der Waals surface area contributed by atoms with Gasteiger partial charge in [-0.3, -0.25) is 0 Å². The molecule has 0 heterocycles. The molecule has 0 aromatic heterocycles. The normalized spacial score (nSPS) is 13.4. The van der Waals surface area contributed by atoms with Crippen LogP contribution in [0.5, 0.6) is 0 Å².